The molecule has 0 saturated heterocycles. The second-order valence-corrected chi connectivity index (χ2v) is 5.14. The van der Waals surface area contributed by atoms with E-state index in [2.05, 4.69) is 13.8 Å². The van der Waals surface area contributed by atoms with Gasteiger partial charge in [0.2, 0.25) is 0 Å². The normalized spacial score (nSPS) is 16.8. The van der Waals surface area contributed by atoms with E-state index >= 15 is 0 Å². The van der Waals surface area contributed by atoms with Gasteiger partial charge in [0.25, 0.3) is 0 Å². The molecule has 3 unspecified atom stereocenters. The van der Waals surface area contributed by atoms with Crippen LogP contribution in [0.4, 0.5) is 0 Å². The summed E-state index contributed by atoms with van der Waals surface area (Å²) in [4.78, 5) is 0. The summed E-state index contributed by atoms with van der Waals surface area (Å²) in [7, 11) is 0. The Kier molecular flexibility index (Phi) is 5.62. The zero-order valence-electron chi connectivity index (χ0n) is 10.7. The molecule has 0 aliphatic rings. The van der Waals surface area contributed by atoms with Gasteiger partial charge in [-0.05, 0) is 24.3 Å². The molecule has 0 bridgehead atoms. The van der Waals surface area contributed by atoms with Gasteiger partial charge in [0, 0.05) is 12.1 Å². The van der Waals surface area contributed by atoms with Crippen molar-refractivity contribution in [3.63, 3.8) is 0 Å². The highest BCUT2D eigenvalue weighted by Gasteiger charge is 2.22. The van der Waals surface area contributed by atoms with Crippen LogP contribution in [-0.4, -0.2) is 23.3 Å². The van der Waals surface area contributed by atoms with Crippen molar-refractivity contribution < 1.29 is 5.11 Å². The molecule has 0 saturated carbocycles. The van der Waals surface area contributed by atoms with Crippen LogP contribution in [-0.2, 0) is 6.42 Å². The van der Waals surface area contributed by atoms with Gasteiger partial charge in [-0.2, -0.15) is 0 Å². The van der Waals surface area contributed by atoms with Crippen molar-refractivity contribution in [2.75, 3.05) is 0 Å². The molecule has 3 heteroatoms. The first-order valence-electron chi connectivity index (χ1n) is 6.24. The van der Waals surface area contributed by atoms with Crippen molar-refractivity contribution in [1.29, 1.82) is 0 Å². The van der Waals surface area contributed by atoms with Gasteiger partial charge in [0.1, 0.15) is 0 Å². The lowest BCUT2D eigenvalue weighted by Crippen LogP contribution is -2.48. The Hall–Kier alpha value is -0.900. The molecular formula is C14H24N2O. The highest BCUT2D eigenvalue weighted by atomic mass is 16.3. The monoisotopic (exact) mass is 236 g/mol. The maximum Gasteiger partial charge on any atom is 0.0844 e. The topological polar surface area (TPSA) is 72.3 Å². The fourth-order valence-corrected chi connectivity index (χ4v) is 2.01. The number of aliphatic hydroxyl groups excluding tert-OH is 1. The van der Waals surface area contributed by atoms with Crippen molar-refractivity contribution in [2.45, 2.75) is 44.9 Å². The number of rotatable bonds is 6. The van der Waals surface area contributed by atoms with Crippen LogP contribution >= 0.6 is 0 Å². The Morgan fingerprint density at radius 2 is 1.65 bits per heavy atom. The van der Waals surface area contributed by atoms with Crippen LogP contribution in [0.5, 0.6) is 0 Å². The van der Waals surface area contributed by atoms with Crippen molar-refractivity contribution in [2.24, 2.45) is 17.4 Å². The van der Waals surface area contributed by atoms with E-state index in [9.17, 15) is 5.11 Å². The number of hydrogen-bond donors (Lipinski definition) is 3. The molecule has 1 aromatic rings. The first-order chi connectivity index (χ1) is 8.00. The summed E-state index contributed by atoms with van der Waals surface area (Å²) >= 11 is 0. The molecule has 1 rings (SSSR count). The molecule has 0 amide bonds. The third-order valence-corrected chi connectivity index (χ3v) is 2.94. The van der Waals surface area contributed by atoms with E-state index < -0.39 is 6.10 Å². The molecule has 0 aliphatic heterocycles. The van der Waals surface area contributed by atoms with Gasteiger partial charge < -0.3 is 16.6 Å². The summed E-state index contributed by atoms with van der Waals surface area (Å²) in [5.74, 6) is 0.476. The van der Waals surface area contributed by atoms with Gasteiger partial charge in [0.05, 0.1) is 6.10 Å². The van der Waals surface area contributed by atoms with Crippen molar-refractivity contribution >= 4 is 0 Å². The Labute approximate surface area is 104 Å². The molecule has 5 N–H and O–H groups in total. The van der Waals surface area contributed by atoms with Gasteiger partial charge in [-0.25, -0.2) is 0 Å². The summed E-state index contributed by atoms with van der Waals surface area (Å²) in [6.45, 7) is 4.19. The lowest BCUT2D eigenvalue weighted by molar-refractivity contribution is 0.107. The third-order valence-electron chi connectivity index (χ3n) is 2.94. The van der Waals surface area contributed by atoms with E-state index in [4.69, 9.17) is 11.5 Å². The SMILES string of the molecule is CC(C)CC(N)C(O)C(N)Cc1ccccc1. The van der Waals surface area contributed by atoms with Crippen LogP contribution < -0.4 is 11.5 Å². The molecule has 0 spiro atoms. The first kappa shape index (κ1) is 14.2. The Balaban J connectivity index is 2.49. The van der Waals surface area contributed by atoms with E-state index in [0.717, 1.165) is 12.0 Å². The number of aliphatic hydroxyl groups is 1. The average molecular weight is 236 g/mol. The molecule has 0 radical (unpaired) electrons. The molecule has 0 fully saturated rings. The summed E-state index contributed by atoms with van der Waals surface area (Å²) in [6, 6.07) is 9.40. The molecule has 3 atom stereocenters. The maximum atomic E-state index is 10.0. The summed E-state index contributed by atoms with van der Waals surface area (Å²) in [5, 5.41) is 10.0. The number of hydrogen-bond acceptors (Lipinski definition) is 3. The summed E-state index contributed by atoms with van der Waals surface area (Å²) in [6.07, 6.45) is 0.815. The smallest absolute Gasteiger partial charge is 0.0844 e. The van der Waals surface area contributed by atoms with Gasteiger partial charge >= 0.3 is 0 Å². The molecule has 0 aliphatic carbocycles. The van der Waals surface area contributed by atoms with E-state index in [1.54, 1.807) is 0 Å². The fraction of sp³-hybridized carbons (Fsp3) is 0.571. The van der Waals surface area contributed by atoms with E-state index in [1.165, 1.54) is 0 Å². The molecular weight excluding hydrogens is 212 g/mol. The molecule has 0 heterocycles. The van der Waals surface area contributed by atoms with E-state index in [-0.39, 0.29) is 12.1 Å². The molecule has 96 valence electrons. The van der Waals surface area contributed by atoms with Crippen molar-refractivity contribution in [1.82, 2.24) is 0 Å². The molecule has 17 heavy (non-hydrogen) atoms. The molecule has 1 aromatic carbocycles. The van der Waals surface area contributed by atoms with Crippen LogP contribution in [0.1, 0.15) is 25.8 Å². The zero-order chi connectivity index (χ0) is 12.8. The lowest BCUT2D eigenvalue weighted by Gasteiger charge is -2.26. The molecule has 3 nitrogen and oxygen atoms in total. The minimum Gasteiger partial charge on any atom is -0.390 e. The number of nitrogens with two attached hydrogens (primary N) is 2. The van der Waals surface area contributed by atoms with E-state index in [0.29, 0.717) is 12.3 Å². The minimum atomic E-state index is -0.641. The standard InChI is InChI=1S/C14H24N2O/c1-10(2)8-12(15)14(17)13(16)9-11-6-4-3-5-7-11/h3-7,10,12-14,17H,8-9,15-16H2,1-2H3. The Bertz CT molecular complexity index is 313. The highest BCUT2D eigenvalue weighted by molar-refractivity contribution is 5.16. The Morgan fingerprint density at radius 3 is 2.18 bits per heavy atom. The van der Waals surface area contributed by atoms with Crippen LogP contribution in [0.15, 0.2) is 30.3 Å². The lowest BCUT2D eigenvalue weighted by atomic mass is 9.93. The summed E-state index contributed by atoms with van der Waals surface area (Å²) < 4.78 is 0. The average Bonchev–Trinajstić information content (AvgIpc) is 2.28. The van der Waals surface area contributed by atoms with Crippen LogP contribution in [0.2, 0.25) is 0 Å². The van der Waals surface area contributed by atoms with Gasteiger partial charge in [0.15, 0.2) is 0 Å². The van der Waals surface area contributed by atoms with Gasteiger partial charge in [-0.1, -0.05) is 44.2 Å². The van der Waals surface area contributed by atoms with Gasteiger partial charge in [-0.15, -0.1) is 0 Å². The second-order valence-electron chi connectivity index (χ2n) is 5.14. The first-order valence-corrected chi connectivity index (χ1v) is 6.24. The maximum absolute atomic E-state index is 10.0. The van der Waals surface area contributed by atoms with Crippen molar-refractivity contribution in [3.05, 3.63) is 35.9 Å². The quantitative estimate of drug-likeness (QED) is 0.697. The van der Waals surface area contributed by atoms with Crippen LogP contribution in [0.25, 0.3) is 0 Å². The molecule has 0 aromatic heterocycles. The van der Waals surface area contributed by atoms with Crippen LogP contribution in [0.3, 0.4) is 0 Å². The summed E-state index contributed by atoms with van der Waals surface area (Å²) in [5.41, 5.74) is 13.1. The van der Waals surface area contributed by atoms with Crippen LogP contribution in [0, 0.1) is 5.92 Å². The fourth-order valence-electron chi connectivity index (χ4n) is 2.01. The van der Waals surface area contributed by atoms with E-state index in [1.807, 2.05) is 30.3 Å². The predicted molar refractivity (Wildman–Crippen MR) is 71.6 cm³/mol. The predicted octanol–water partition coefficient (Wildman–Crippen LogP) is 1.29. The second kappa shape index (κ2) is 6.74. The van der Waals surface area contributed by atoms with Crippen molar-refractivity contribution in [3.8, 4) is 0 Å². The largest absolute Gasteiger partial charge is 0.390 e. The Morgan fingerprint density at radius 1 is 1.06 bits per heavy atom. The third kappa shape index (κ3) is 4.86. The minimum absolute atomic E-state index is 0.242. The zero-order valence-corrected chi connectivity index (χ0v) is 10.7. The van der Waals surface area contributed by atoms with Gasteiger partial charge in [-0.3, -0.25) is 0 Å². The highest BCUT2D eigenvalue weighted by Crippen LogP contribution is 2.11. The number of benzene rings is 1.